The molecule has 1 aromatic heterocycles. The molecule has 20 heavy (non-hydrogen) atoms. The van der Waals surface area contributed by atoms with E-state index >= 15 is 0 Å². The number of aromatic nitrogens is 2. The van der Waals surface area contributed by atoms with Crippen molar-refractivity contribution in [2.75, 3.05) is 11.1 Å². The third kappa shape index (κ3) is 2.88. The van der Waals surface area contributed by atoms with Crippen LogP contribution in [0.15, 0.2) is 42.1 Å². The van der Waals surface area contributed by atoms with Crippen molar-refractivity contribution in [3.05, 3.63) is 47.8 Å². The van der Waals surface area contributed by atoms with Crippen LogP contribution < -0.4 is 11.1 Å². The second-order valence-corrected chi connectivity index (χ2v) is 4.66. The molecule has 0 aliphatic carbocycles. The van der Waals surface area contributed by atoms with Crippen molar-refractivity contribution in [2.45, 2.75) is 20.8 Å². The van der Waals surface area contributed by atoms with E-state index in [-0.39, 0.29) is 5.78 Å². The Kier molecular flexibility index (Phi) is 3.89. The van der Waals surface area contributed by atoms with E-state index in [0.29, 0.717) is 5.82 Å². The number of para-hydroxylation sites is 1. The Balaban J connectivity index is 2.38. The van der Waals surface area contributed by atoms with Gasteiger partial charge in [0.25, 0.3) is 0 Å². The third-order valence-electron chi connectivity index (χ3n) is 2.84. The topological polar surface area (TPSA) is 72.9 Å². The number of aryl methyl sites for hydroxylation is 1. The predicted octanol–water partition coefficient (Wildman–Crippen LogP) is 2.67. The highest BCUT2D eigenvalue weighted by Crippen LogP contribution is 2.26. The molecule has 2 rings (SSSR count). The summed E-state index contributed by atoms with van der Waals surface area (Å²) in [5.41, 5.74) is 9.28. The molecule has 0 atom stereocenters. The first kappa shape index (κ1) is 13.9. The van der Waals surface area contributed by atoms with Crippen molar-refractivity contribution in [1.82, 2.24) is 9.78 Å². The summed E-state index contributed by atoms with van der Waals surface area (Å²) in [6.45, 7) is 5.20. The van der Waals surface area contributed by atoms with Gasteiger partial charge in [-0.15, -0.1) is 0 Å². The van der Waals surface area contributed by atoms with Crippen LogP contribution in [0.1, 0.15) is 19.5 Å². The van der Waals surface area contributed by atoms with Gasteiger partial charge in [-0.2, -0.15) is 5.10 Å². The summed E-state index contributed by atoms with van der Waals surface area (Å²) in [6.07, 6.45) is 1.53. The van der Waals surface area contributed by atoms with Crippen LogP contribution in [0.3, 0.4) is 0 Å². The van der Waals surface area contributed by atoms with Gasteiger partial charge in [-0.05, 0) is 39.0 Å². The maximum atomic E-state index is 11.1. The lowest BCUT2D eigenvalue weighted by atomic mass is 10.3. The summed E-state index contributed by atoms with van der Waals surface area (Å²) in [5.74, 6) is 0.506. The Labute approximate surface area is 118 Å². The first-order valence-electron chi connectivity index (χ1n) is 6.35. The van der Waals surface area contributed by atoms with Gasteiger partial charge >= 0.3 is 0 Å². The van der Waals surface area contributed by atoms with E-state index < -0.39 is 0 Å². The molecule has 104 valence electrons. The van der Waals surface area contributed by atoms with Crippen LogP contribution in [-0.2, 0) is 4.79 Å². The highest BCUT2D eigenvalue weighted by molar-refractivity contribution is 5.88. The standard InChI is InChI=1S/C15H18N4O/c1-10(9-11(2)20)17-14-12(3)18-19(15(14)16)13-7-5-4-6-8-13/h4-9,17H,16H2,1-3H3/b10-9+. The van der Waals surface area contributed by atoms with Crippen LogP contribution in [0, 0.1) is 6.92 Å². The van der Waals surface area contributed by atoms with Gasteiger partial charge in [-0.3, -0.25) is 4.79 Å². The van der Waals surface area contributed by atoms with E-state index in [4.69, 9.17) is 5.73 Å². The minimum Gasteiger partial charge on any atom is -0.382 e. The zero-order chi connectivity index (χ0) is 14.7. The number of nitrogens with one attached hydrogen (secondary N) is 1. The minimum absolute atomic E-state index is 0.0123. The van der Waals surface area contributed by atoms with Gasteiger partial charge in [-0.1, -0.05) is 18.2 Å². The fraction of sp³-hybridized carbons (Fsp3) is 0.200. The van der Waals surface area contributed by atoms with Crippen LogP contribution in [0.4, 0.5) is 11.5 Å². The molecule has 0 fully saturated rings. The van der Waals surface area contributed by atoms with Gasteiger partial charge in [0, 0.05) is 5.70 Å². The summed E-state index contributed by atoms with van der Waals surface area (Å²) in [4.78, 5) is 11.1. The average Bonchev–Trinajstić information content (AvgIpc) is 2.67. The second kappa shape index (κ2) is 5.61. The Bertz CT molecular complexity index is 656. The Hall–Kier alpha value is -2.56. The molecular formula is C15H18N4O. The SMILES string of the molecule is CC(=O)/C=C(\C)Nc1c(C)nn(-c2ccccc2)c1N. The van der Waals surface area contributed by atoms with Crippen molar-refractivity contribution in [3.63, 3.8) is 0 Å². The van der Waals surface area contributed by atoms with E-state index in [1.807, 2.05) is 44.2 Å². The largest absolute Gasteiger partial charge is 0.382 e. The fourth-order valence-electron chi connectivity index (χ4n) is 2.00. The Morgan fingerprint density at radius 2 is 1.95 bits per heavy atom. The Morgan fingerprint density at radius 1 is 1.30 bits per heavy atom. The number of ketones is 1. The first-order valence-corrected chi connectivity index (χ1v) is 6.35. The van der Waals surface area contributed by atoms with E-state index in [9.17, 15) is 4.79 Å². The molecule has 0 spiro atoms. The van der Waals surface area contributed by atoms with E-state index in [1.165, 1.54) is 13.0 Å². The molecule has 5 heteroatoms. The number of anilines is 2. The van der Waals surface area contributed by atoms with Crippen LogP contribution in [0.5, 0.6) is 0 Å². The second-order valence-electron chi connectivity index (χ2n) is 4.66. The molecule has 0 radical (unpaired) electrons. The summed E-state index contributed by atoms with van der Waals surface area (Å²) in [6, 6.07) is 9.67. The molecule has 0 aliphatic rings. The molecule has 1 aromatic carbocycles. The van der Waals surface area contributed by atoms with Crippen LogP contribution >= 0.6 is 0 Å². The van der Waals surface area contributed by atoms with Gasteiger partial charge in [0.15, 0.2) is 11.6 Å². The molecule has 3 N–H and O–H groups in total. The third-order valence-corrected chi connectivity index (χ3v) is 2.84. The number of hydrogen-bond acceptors (Lipinski definition) is 4. The number of benzene rings is 1. The number of nitrogens with two attached hydrogens (primary N) is 1. The summed E-state index contributed by atoms with van der Waals surface area (Å²) in [7, 11) is 0. The normalized spacial score (nSPS) is 11.4. The lowest BCUT2D eigenvalue weighted by Gasteiger charge is -2.07. The van der Waals surface area contributed by atoms with Crippen molar-refractivity contribution < 1.29 is 4.79 Å². The summed E-state index contributed by atoms with van der Waals surface area (Å²) in [5, 5.41) is 7.56. The van der Waals surface area contributed by atoms with Crippen molar-refractivity contribution in [1.29, 1.82) is 0 Å². The molecule has 2 aromatic rings. The molecule has 0 unspecified atom stereocenters. The lowest BCUT2D eigenvalue weighted by Crippen LogP contribution is -2.04. The van der Waals surface area contributed by atoms with E-state index in [0.717, 1.165) is 22.8 Å². The zero-order valence-electron chi connectivity index (χ0n) is 11.8. The fourth-order valence-corrected chi connectivity index (χ4v) is 2.00. The molecule has 5 nitrogen and oxygen atoms in total. The van der Waals surface area contributed by atoms with Crippen molar-refractivity contribution in [3.8, 4) is 5.69 Å². The van der Waals surface area contributed by atoms with Crippen LogP contribution in [0.2, 0.25) is 0 Å². The molecule has 1 heterocycles. The van der Waals surface area contributed by atoms with Gasteiger partial charge in [0.2, 0.25) is 0 Å². The predicted molar refractivity (Wildman–Crippen MR) is 80.8 cm³/mol. The number of rotatable bonds is 4. The van der Waals surface area contributed by atoms with Crippen molar-refractivity contribution in [2.24, 2.45) is 0 Å². The zero-order valence-corrected chi connectivity index (χ0v) is 11.8. The van der Waals surface area contributed by atoms with Crippen LogP contribution in [-0.4, -0.2) is 15.6 Å². The Morgan fingerprint density at radius 3 is 2.55 bits per heavy atom. The number of nitrogens with zero attached hydrogens (tertiary/aromatic N) is 2. The summed E-state index contributed by atoms with van der Waals surface area (Å²) < 4.78 is 1.68. The monoisotopic (exact) mass is 270 g/mol. The molecule has 0 bridgehead atoms. The lowest BCUT2D eigenvalue weighted by molar-refractivity contribution is -0.112. The highest BCUT2D eigenvalue weighted by atomic mass is 16.1. The highest BCUT2D eigenvalue weighted by Gasteiger charge is 2.13. The average molecular weight is 270 g/mol. The maximum Gasteiger partial charge on any atom is 0.154 e. The van der Waals surface area contributed by atoms with Crippen molar-refractivity contribution >= 4 is 17.3 Å². The van der Waals surface area contributed by atoms with Crippen LogP contribution in [0.25, 0.3) is 5.69 Å². The van der Waals surface area contributed by atoms with Gasteiger partial charge in [0.1, 0.15) is 5.69 Å². The maximum absolute atomic E-state index is 11.1. The molecule has 0 amide bonds. The molecule has 0 saturated heterocycles. The van der Waals surface area contributed by atoms with Gasteiger partial charge in [0.05, 0.1) is 11.4 Å². The molecule has 0 saturated carbocycles. The van der Waals surface area contributed by atoms with E-state index in [1.54, 1.807) is 4.68 Å². The quantitative estimate of drug-likeness (QED) is 0.838. The van der Waals surface area contributed by atoms with Gasteiger partial charge in [-0.25, -0.2) is 4.68 Å². The van der Waals surface area contributed by atoms with Gasteiger partial charge < -0.3 is 11.1 Å². The number of hydrogen-bond donors (Lipinski definition) is 2. The number of carbonyl (C=O) groups is 1. The minimum atomic E-state index is -0.0123. The molecule has 0 aliphatic heterocycles. The number of carbonyl (C=O) groups excluding carboxylic acids is 1. The first-order chi connectivity index (χ1) is 9.49. The number of nitrogen functional groups attached to an aromatic ring is 1. The smallest absolute Gasteiger partial charge is 0.154 e. The summed E-state index contributed by atoms with van der Waals surface area (Å²) >= 11 is 0. The number of allylic oxidation sites excluding steroid dienone is 2. The molecular weight excluding hydrogens is 252 g/mol. The van der Waals surface area contributed by atoms with E-state index in [2.05, 4.69) is 10.4 Å².